The van der Waals surface area contributed by atoms with Gasteiger partial charge in [-0.3, -0.25) is 4.57 Å². The minimum Gasteiger partial charge on any atom is -0.478 e. The number of hydrogen-bond donors (Lipinski definition) is 4. The number of quaternary nitrogens is 1. The number of rotatable bonds is 8. The van der Waals surface area contributed by atoms with Gasteiger partial charge >= 0.3 is 19.5 Å². The summed E-state index contributed by atoms with van der Waals surface area (Å²) in [6, 6.07) is 0. The van der Waals surface area contributed by atoms with Crippen LogP contribution in [0.2, 0.25) is 0 Å². The van der Waals surface area contributed by atoms with Gasteiger partial charge in [-0.1, -0.05) is 0 Å². The van der Waals surface area contributed by atoms with Crippen molar-refractivity contribution in [2.75, 3.05) is 33.8 Å². The molecule has 0 saturated carbocycles. The summed E-state index contributed by atoms with van der Waals surface area (Å²) in [5.74, 6) is -3.95. The van der Waals surface area contributed by atoms with Gasteiger partial charge < -0.3 is 24.5 Å². The standard InChI is InChI=1S/C11H20NO7P/c1-12(2,3)5-4-8(7-20(17,18)19)9(11(15)16)6-10(13)14/h6,8H,4-5,7H2,1-3H3,(H3-,13,14,15,16,17,18,19)/p+1/b9-6+. The van der Waals surface area contributed by atoms with E-state index < -0.39 is 37.2 Å². The Labute approximate surface area is 117 Å². The van der Waals surface area contributed by atoms with Gasteiger partial charge in [0.05, 0.1) is 33.8 Å². The molecule has 4 N–H and O–H groups in total. The molecule has 0 heterocycles. The van der Waals surface area contributed by atoms with E-state index in [0.29, 0.717) is 17.1 Å². The predicted octanol–water partition coefficient (Wildman–Crippen LogP) is -0.0278. The first-order valence-corrected chi connectivity index (χ1v) is 7.64. The second kappa shape index (κ2) is 6.99. The highest BCUT2D eigenvalue weighted by atomic mass is 31.2. The van der Waals surface area contributed by atoms with Crippen LogP contribution in [0.4, 0.5) is 0 Å². The minimum absolute atomic E-state index is 0.167. The van der Waals surface area contributed by atoms with E-state index in [2.05, 4.69) is 0 Å². The van der Waals surface area contributed by atoms with Crippen molar-refractivity contribution in [2.45, 2.75) is 6.42 Å². The van der Waals surface area contributed by atoms with Crippen molar-refractivity contribution < 1.29 is 38.6 Å². The third-order valence-electron chi connectivity index (χ3n) is 2.57. The number of nitrogens with zero attached hydrogens (tertiary/aromatic N) is 1. The van der Waals surface area contributed by atoms with Crippen molar-refractivity contribution in [3.63, 3.8) is 0 Å². The zero-order valence-corrected chi connectivity index (χ0v) is 12.6. The van der Waals surface area contributed by atoms with E-state index in [1.807, 2.05) is 21.1 Å². The number of hydrogen-bond acceptors (Lipinski definition) is 3. The molecule has 0 rings (SSSR count). The molecule has 116 valence electrons. The van der Waals surface area contributed by atoms with Crippen LogP contribution in [0.15, 0.2) is 11.6 Å². The van der Waals surface area contributed by atoms with Crippen LogP contribution in [0, 0.1) is 5.92 Å². The maximum atomic E-state index is 11.1. The summed E-state index contributed by atoms with van der Waals surface area (Å²) in [4.78, 5) is 39.8. The third-order valence-corrected chi connectivity index (χ3v) is 3.49. The second-order valence-electron chi connectivity index (χ2n) is 5.59. The smallest absolute Gasteiger partial charge is 0.332 e. The van der Waals surface area contributed by atoms with E-state index in [1.54, 1.807) is 0 Å². The fraction of sp³-hybridized carbons (Fsp3) is 0.636. The first kappa shape index (κ1) is 18.8. The SMILES string of the molecule is C[N+](C)(C)CCC(CP(=O)(O)O)/C(=C\C(=O)O)C(=O)O. The zero-order valence-electron chi connectivity index (χ0n) is 11.7. The fourth-order valence-electron chi connectivity index (χ4n) is 1.66. The molecule has 0 amide bonds. The Hall–Kier alpha value is -1.21. The average molecular weight is 310 g/mol. The van der Waals surface area contributed by atoms with Crippen LogP contribution in [-0.4, -0.2) is 70.3 Å². The van der Waals surface area contributed by atoms with Crippen molar-refractivity contribution >= 4 is 19.5 Å². The lowest BCUT2D eigenvalue weighted by Crippen LogP contribution is -2.37. The molecule has 0 aliphatic heterocycles. The molecular formula is C11H21NO7P+. The molecule has 0 fully saturated rings. The lowest BCUT2D eigenvalue weighted by molar-refractivity contribution is -0.870. The average Bonchev–Trinajstić information content (AvgIpc) is 2.17. The molecule has 20 heavy (non-hydrogen) atoms. The van der Waals surface area contributed by atoms with Gasteiger partial charge in [0.2, 0.25) is 0 Å². The van der Waals surface area contributed by atoms with E-state index in [-0.39, 0.29) is 6.42 Å². The Morgan fingerprint density at radius 3 is 2.00 bits per heavy atom. The Bertz CT molecular complexity index is 446. The lowest BCUT2D eigenvalue weighted by Gasteiger charge is -2.27. The van der Waals surface area contributed by atoms with E-state index in [0.717, 1.165) is 0 Å². The van der Waals surface area contributed by atoms with Crippen molar-refractivity contribution in [2.24, 2.45) is 5.92 Å². The van der Waals surface area contributed by atoms with Gasteiger partial charge in [0.15, 0.2) is 0 Å². The monoisotopic (exact) mass is 310 g/mol. The van der Waals surface area contributed by atoms with E-state index in [9.17, 15) is 14.2 Å². The highest BCUT2D eigenvalue weighted by molar-refractivity contribution is 7.51. The van der Waals surface area contributed by atoms with Crippen LogP contribution in [-0.2, 0) is 14.2 Å². The Balaban J connectivity index is 5.31. The van der Waals surface area contributed by atoms with Gasteiger partial charge in [0.25, 0.3) is 0 Å². The highest BCUT2D eigenvalue weighted by Gasteiger charge is 2.30. The highest BCUT2D eigenvalue weighted by Crippen LogP contribution is 2.40. The van der Waals surface area contributed by atoms with Gasteiger partial charge in [0, 0.05) is 24.0 Å². The Kier molecular flexibility index (Phi) is 6.56. The zero-order chi connectivity index (χ0) is 16.1. The summed E-state index contributed by atoms with van der Waals surface area (Å²) < 4.78 is 11.6. The van der Waals surface area contributed by atoms with Crippen LogP contribution in [0.25, 0.3) is 0 Å². The lowest BCUT2D eigenvalue weighted by atomic mass is 9.96. The number of carboxylic acid groups (broad SMARTS) is 2. The first-order valence-electron chi connectivity index (χ1n) is 5.84. The van der Waals surface area contributed by atoms with Crippen LogP contribution >= 0.6 is 7.60 Å². The molecule has 9 heteroatoms. The molecule has 1 atom stereocenters. The topological polar surface area (TPSA) is 132 Å². The predicted molar refractivity (Wildman–Crippen MR) is 71.3 cm³/mol. The van der Waals surface area contributed by atoms with Crippen LogP contribution in [0.3, 0.4) is 0 Å². The molecule has 0 aliphatic carbocycles. The summed E-state index contributed by atoms with van der Waals surface area (Å²) in [6.45, 7) is 0.453. The largest absolute Gasteiger partial charge is 0.478 e. The van der Waals surface area contributed by atoms with Gasteiger partial charge in [0.1, 0.15) is 0 Å². The molecule has 0 radical (unpaired) electrons. The van der Waals surface area contributed by atoms with Gasteiger partial charge in [-0.2, -0.15) is 0 Å². The van der Waals surface area contributed by atoms with E-state index in [1.165, 1.54) is 0 Å². The summed E-state index contributed by atoms with van der Waals surface area (Å²) in [7, 11) is 1.08. The van der Waals surface area contributed by atoms with E-state index >= 15 is 0 Å². The number of carbonyl (C=O) groups is 2. The molecule has 0 spiro atoms. The molecule has 0 aromatic heterocycles. The molecule has 0 aromatic rings. The van der Waals surface area contributed by atoms with Crippen LogP contribution in [0.1, 0.15) is 6.42 Å². The number of aliphatic carboxylic acids is 2. The maximum Gasteiger partial charge on any atom is 0.332 e. The molecule has 0 aromatic carbocycles. The van der Waals surface area contributed by atoms with Gasteiger partial charge in [-0.05, 0) is 0 Å². The molecule has 0 bridgehead atoms. The molecule has 1 unspecified atom stereocenters. The van der Waals surface area contributed by atoms with Gasteiger partial charge in [-0.15, -0.1) is 0 Å². The van der Waals surface area contributed by atoms with Crippen molar-refractivity contribution in [3.8, 4) is 0 Å². The third kappa shape index (κ3) is 8.82. The molecular weight excluding hydrogens is 289 g/mol. The molecule has 0 saturated heterocycles. The van der Waals surface area contributed by atoms with E-state index in [4.69, 9.17) is 20.0 Å². The quantitative estimate of drug-likeness (QED) is 0.281. The summed E-state index contributed by atoms with van der Waals surface area (Å²) in [5.41, 5.74) is -0.491. The Morgan fingerprint density at radius 1 is 1.20 bits per heavy atom. The molecule has 0 aliphatic rings. The van der Waals surface area contributed by atoms with Crippen molar-refractivity contribution in [1.29, 1.82) is 0 Å². The summed E-state index contributed by atoms with van der Waals surface area (Å²) in [5, 5.41) is 17.7. The van der Waals surface area contributed by atoms with Crippen LogP contribution < -0.4 is 0 Å². The first-order chi connectivity index (χ1) is 8.82. The summed E-state index contributed by atoms with van der Waals surface area (Å²) >= 11 is 0. The fourth-order valence-corrected chi connectivity index (χ4v) is 2.62. The van der Waals surface area contributed by atoms with Gasteiger partial charge in [-0.25, -0.2) is 9.59 Å². The normalized spacial score (nSPS) is 14.9. The molecule has 8 nitrogen and oxygen atoms in total. The van der Waals surface area contributed by atoms with Crippen molar-refractivity contribution in [1.82, 2.24) is 0 Å². The van der Waals surface area contributed by atoms with Crippen molar-refractivity contribution in [3.05, 3.63) is 11.6 Å². The summed E-state index contributed by atoms with van der Waals surface area (Å²) in [6.07, 6.45) is -0.0171. The van der Waals surface area contributed by atoms with Crippen LogP contribution in [0.5, 0.6) is 0 Å². The second-order valence-corrected chi connectivity index (χ2v) is 7.28. The number of carboxylic acids is 2. The minimum atomic E-state index is -4.44. The maximum absolute atomic E-state index is 11.1. The Morgan fingerprint density at radius 2 is 1.70 bits per heavy atom.